The molecule has 0 saturated carbocycles. The topological polar surface area (TPSA) is 85.6 Å². The standard InChI is InChI=1S/C25H35N3O3Si/c1-25(2,3)32(22-12-7-5-8-13-22,23-14-9-6-10-15-23)31-20-21(16-17-26)27-18-11-19-28(4)24(29)30/h5-10,12-15,21,27H,11,16,18-20H2,1-4H3,(H,29,30). The van der Waals surface area contributed by atoms with Crippen LogP contribution in [0.25, 0.3) is 0 Å². The van der Waals surface area contributed by atoms with Gasteiger partial charge in [-0.05, 0) is 28.4 Å². The molecule has 32 heavy (non-hydrogen) atoms. The molecule has 2 rings (SSSR count). The summed E-state index contributed by atoms with van der Waals surface area (Å²) < 4.78 is 6.92. The first-order valence-electron chi connectivity index (χ1n) is 11.0. The lowest BCUT2D eigenvalue weighted by Crippen LogP contribution is -2.67. The predicted molar refractivity (Wildman–Crippen MR) is 131 cm³/mol. The summed E-state index contributed by atoms with van der Waals surface area (Å²) in [5, 5.41) is 24.0. The zero-order valence-corrected chi connectivity index (χ0v) is 20.5. The van der Waals surface area contributed by atoms with Gasteiger partial charge in [-0.25, -0.2) is 4.79 Å². The van der Waals surface area contributed by atoms with Gasteiger partial charge in [0, 0.05) is 19.6 Å². The Hall–Kier alpha value is -2.66. The second-order valence-electron chi connectivity index (χ2n) is 9.05. The molecule has 6 nitrogen and oxygen atoms in total. The summed E-state index contributed by atoms with van der Waals surface area (Å²) in [6.45, 7) is 8.16. The molecule has 0 bridgehead atoms. The van der Waals surface area contributed by atoms with Crippen molar-refractivity contribution < 1.29 is 14.3 Å². The van der Waals surface area contributed by atoms with Gasteiger partial charge in [-0.3, -0.25) is 0 Å². The summed E-state index contributed by atoms with van der Waals surface area (Å²) in [5.74, 6) is 0. The van der Waals surface area contributed by atoms with Crippen molar-refractivity contribution in [1.82, 2.24) is 10.2 Å². The Bertz CT molecular complexity index is 839. The molecule has 2 aromatic rings. The molecule has 0 spiro atoms. The summed E-state index contributed by atoms with van der Waals surface area (Å²) in [4.78, 5) is 12.2. The summed E-state index contributed by atoms with van der Waals surface area (Å²) in [7, 11) is -1.10. The van der Waals surface area contributed by atoms with Crippen LogP contribution < -0.4 is 15.7 Å². The zero-order valence-electron chi connectivity index (χ0n) is 19.5. The van der Waals surface area contributed by atoms with Crippen molar-refractivity contribution >= 4 is 24.8 Å². The van der Waals surface area contributed by atoms with E-state index in [0.29, 0.717) is 32.5 Å². The highest BCUT2D eigenvalue weighted by Crippen LogP contribution is 2.36. The number of nitrogens with zero attached hydrogens (tertiary/aromatic N) is 2. The van der Waals surface area contributed by atoms with E-state index in [1.807, 2.05) is 12.1 Å². The first kappa shape index (κ1) is 25.6. The van der Waals surface area contributed by atoms with Crippen LogP contribution in [0.4, 0.5) is 4.79 Å². The van der Waals surface area contributed by atoms with Crippen molar-refractivity contribution in [2.45, 2.75) is 44.7 Å². The second-order valence-corrected chi connectivity index (χ2v) is 13.4. The van der Waals surface area contributed by atoms with E-state index in [9.17, 15) is 10.1 Å². The van der Waals surface area contributed by atoms with Crippen LogP contribution in [0, 0.1) is 11.3 Å². The minimum Gasteiger partial charge on any atom is -0.465 e. The van der Waals surface area contributed by atoms with Crippen LogP contribution in [-0.2, 0) is 4.43 Å². The maximum atomic E-state index is 11.0. The van der Waals surface area contributed by atoms with Gasteiger partial charge in [0.25, 0.3) is 8.32 Å². The largest absolute Gasteiger partial charge is 0.465 e. The average molecular weight is 454 g/mol. The number of amides is 1. The van der Waals surface area contributed by atoms with Crippen molar-refractivity contribution in [3.8, 4) is 6.07 Å². The van der Waals surface area contributed by atoms with Crippen LogP contribution in [0.3, 0.4) is 0 Å². The Morgan fingerprint density at radius 1 is 1.12 bits per heavy atom. The summed E-state index contributed by atoms with van der Waals surface area (Å²) >= 11 is 0. The Morgan fingerprint density at radius 2 is 1.66 bits per heavy atom. The van der Waals surface area contributed by atoms with Crippen molar-refractivity contribution in [2.75, 3.05) is 26.7 Å². The Balaban J connectivity index is 2.25. The highest BCUT2D eigenvalue weighted by atomic mass is 28.4. The number of nitrogens with one attached hydrogen (secondary N) is 1. The molecule has 7 heteroatoms. The highest BCUT2D eigenvalue weighted by molar-refractivity contribution is 6.99. The summed E-state index contributed by atoms with van der Waals surface area (Å²) in [6.07, 6.45) is 0.0604. The molecule has 2 N–H and O–H groups in total. The first-order chi connectivity index (χ1) is 15.2. The van der Waals surface area contributed by atoms with Gasteiger partial charge < -0.3 is 19.7 Å². The average Bonchev–Trinajstić information content (AvgIpc) is 2.77. The maximum absolute atomic E-state index is 11.0. The van der Waals surface area contributed by atoms with Gasteiger partial charge in [-0.2, -0.15) is 5.26 Å². The second kappa shape index (κ2) is 11.8. The zero-order chi connectivity index (χ0) is 23.6. The van der Waals surface area contributed by atoms with Gasteiger partial charge in [0.1, 0.15) is 0 Å². The van der Waals surface area contributed by atoms with Gasteiger partial charge in [0.2, 0.25) is 0 Å². The molecule has 0 saturated heterocycles. The maximum Gasteiger partial charge on any atom is 0.407 e. The lowest BCUT2D eigenvalue weighted by molar-refractivity contribution is 0.155. The predicted octanol–water partition coefficient (Wildman–Crippen LogP) is 3.43. The molecular weight excluding hydrogens is 418 g/mol. The minimum atomic E-state index is -2.66. The van der Waals surface area contributed by atoms with E-state index in [1.54, 1.807) is 7.05 Å². The summed E-state index contributed by atoms with van der Waals surface area (Å²) in [6, 6.07) is 23.0. The van der Waals surface area contributed by atoms with E-state index in [2.05, 4.69) is 80.7 Å². The Labute approximate surface area is 193 Å². The van der Waals surface area contributed by atoms with Crippen molar-refractivity contribution in [3.05, 3.63) is 60.7 Å². The van der Waals surface area contributed by atoms with E-state index in [4.69, 9.17) is 9.53 Å². The van der Waals surface area contributed by atoms with Gasteiger partial charge in [-0.1, -0.05) is 81.4 Å². The van der Waals surface area contributed by atoms with E-state index in [1.165, 1.54) is 15.3 Å². The number of hydrogen-bond acceptors (Lipinski definition) is 4. The smallest absolute Gasteiger partial charge is 0.407 e. The normalized spacial score (nSPS) is 12.7. The number of benzene rings is 2. The quantitative estimate of drug-likeness (QED) is 0.402. The van der Waals surface area contributed by atoms with Crippen LogP contribution in [0.1, 0.15) is 33.6 Å². The molecule has 172 valence electrons. The monoisotopic (exact) mass is 453 g/mol. The fourth-order valence-electron chi connectivity index (χ4n) is 4.01. The van der Waals surface area contributed by atoms with Crippen LogP contribution in [0.5, 0.6) is 0 Å². The third-order valence-electron chi connectivity index (χ3n) is 5.69. The fourth-order valence-corrected chi connectivity index (χ4v) is 8.61. The van der Waals surface area contributed by atoms with Gasteiger partial charge in [-0.15, -0.1) is 0 Å². The molecule has 1 amide bonds. The molecule has 0 heterocycles. The van der Waals surface area contributed by atoms with Crippen LogP contribution in [0.2, 0.25) is 5.04 Å². The van der Waals surface area contributed by atoms with E-state index >= 15 is 0 Å². The molecule has 0 aliphatic carbocycles. The molecule has 2 aromatic carbocycles. The van der Waals surface area contributed by atoms with Gasteiger partial charge in [0.15, 0.2) is 0 Å². The fraction of sp³-hybridized carbons (Fsp3) is 0.440. The van der Waals surface area contributed by atoms with Crippen molar-refractivity contribution in [3.63, 3.8) is 0 Å². The Kier molecular flexibility index (Phi) is 9.45. The molecule has 0 aromatic heterocycles. The van der Waals surface area contributed by atoms with Crippen LogP contribution >= 0.6 is 0 Å². The minimum absolute atomic E-state index is 0.128. The van der Waals surface area contributed by atoms with E-state index < -0.39 is 14.4 Å². The van der Waals surface area contributed by atoms with E-state index in [-0.39, 0.29) is 11.1 Å². The van der Waals surface area contributed by atoms with Crippen molar-refractivity contribution in [1.29, 1.82) is 5.26 Å². The molecular formula is C25H35N3O3Si. The molecule has 0 aliphatic rings. The molecule has 1 unspecified atom stereocenters. The lowest BCUT2D eigenvalue weighted by Gasteiger charge is -2.43. The third-order valence-corrected chi connectivity index (χ3v) is 10.7. The Morgan fingerprint density at radius 3 is 2.09 bits per heavy atom. The first-order valence-corrected chi connectivity index (χ1v) is 12.9. The summed E-state index contributed by atoms with van der Waals surface area (Å²) in [5.41, 5.74) is 0. The SMILES string of the molecule is CN(CCCNC(CC#N)CO[Si](c1ccccc1)(c1ccccc1)C(C)(C)C)C(=O)O. The van der Waals surface area contributed by atoms with Crippen molar-refractivity contribution in [2.24, 2.45) is 0 Å². The van der Waals surface area contributed by atoms with Gasteiger partial charge in [0.05, 0.1) is 19.1 Å². The number of rotatable bonds is 11. The van der Waals surface area contributed by atoms with Gasteiger partial charge >= 0.3 is 6.09 Å². The molecule has 0 aliphatic heterocycles. The number of hydrogen-bond donors (Lipinski definition) is 2. The highest BCUT2D eigenvalue weighted by Gasteiger charge is 2.50. The number of carboxylic acid groups (broad SMARTS) is 1. The number of carbonyl (C=O) groups is 1. The third kappa shape index (κ3) is 6.42. The molecule has 1 atom stereocenters. The number of nitriles is 1. The van der Waals surface area contributed by atoms with Crippen LogP contribution in [-0.4, -0.2) is 57.2 Å². The molecule has 0 radical (unpaired) electrons. The lowest BCUT2D eigenvalue weighted by atomic mass is 10.2. The van der Waals surface area contributed by atoms with E-state index in [0.717, 1.165) is 0 Å². The van der Waals surface area contributed by atoms with Crippen LogP contribution in [0.15, 0.2) is 60.7 Å². The molecule has 0 fully saturated rings.